The van der Waals surface area contributed by atoms with Crippen molar-refractivity contribution in [1.29, 1.82) is 0 Å². The number of carbonyl (C=O) groups is 2. The van der Waals surface area contributed by atoms with Gasteiger partial charge in [0.25, 0.3) is 5.91 Å². The molecular weight excluding hydrogens is 302 g/mol. The van der Waals surface area contributed by atoms with Crippen LogP contribution >= 0.6 is 11.3 Å². The van der Waals surface area contributed by atoms with Crippen LogP contribution in [-0.4, -0.2) is 33.5 Å². The number of aromatic nitrogens is 2. The summed E-state index contributed by atoms with van der Waals surface area (Å²) in [6.45, 7) is 4.12. The fourth-order valence-corrected chi connectivity index (χ4v) is 2.78. The maximum absolute atomic E-state index is 12.0. The summed E-state index contributed by atoms with van der Waals surface area (Å²) >= 11 is 1.64. The molecule has 2 N–H and O–H groups in total. The van der Waals surface area contributed by atoms with Gasteiger partial charge in [0.1, 0.15) is 5.69 Å². The summed E-state index contributed by atoms with van der Waals surface area (Å²) < 4.78 is 0. The zero-order valence-electron chi connectivity index (χ0n) is 12.4. The van der Waals surface area contributed by atoms with Gasteiger partial charge in [-0.3, -0.25) is 4.79 Å². The van der Waals surface area contributed by atoms with E-state index in [0.29, 0.717) is 18.7 Å². The largest absolute Gasteiger partial charge is 0.478 e. The Hall–Kier alpha value is -2.28. The van der Waals surface area contributed by atoms with E-state index in [9.17, 15) is 9.59 Å². The highest BCUT2D eigenvalue weighted by atomic mass is 32.1. The van der Waals surface area contributed by atoms with Gasteiger partial charge in [-0.2, -0.15) is 0 Å². The molecule has 2 heterocycles. The van der Waals surface area contributed by atoms with Crippen molar-refractivity contribution in [3.8, 4) is 0 Å². The summed E-state index contributed by atoms with van der Waals surface area (Å²) in [7, 11) is 0. The molecule has 0 fully saturated rings. The molecule has 0 aliphatic carbocycles. The highest BCUT2D eigenvalue weighted by Crippen LogP contribution is 2.13. The van der Waals surface area contributed by atoms with E-state index in [2.05, 4.69) is 22.2 Å². The van der Waals surface area contributed by atoms with E-state index in [0.717, 1.165) is 11.4 Å². The van der Waals surface area contributed by atoms with E-state index >= 15 is 0 Å². The number of nitrogens with zero attached hydrogens (tertiary/aromatic N) is 2. The van der Waals surface area contributed by atoms with Crippen LogP contribution in [0.5, 0.6) is 0 Å². The summed E-state index contributed by atoms with van der Waals surface area (Å²) in [5.41, 5.74) is 0.648. The zero-order valence-corrected chi connectivity index (χ0v) is 13.2. The number of amides is 1. The first kappa shape index (κ1) is 16.1. The van der Waals surface area contributed by atoms with Crippen LogP contribution in [0, 0.1) is 6.92 Å². The predicted molar refractivity (Wildman–Crippen MR) is 83.5 cm³/mol. The normalized spacial score (nSPS) is 10.5. The molecule has 2 rings (SSSR count). The fraction of sp³-hybridized carbons (Fsp3) is 0.333. The molecular formula is C15H17N3O3S. The standard InChI is InChI=1S/C15H17N3O3S/c1-3-10-8-17-13(22-10)6-7-16-14(19)12-5-4-11(15(20)21)9(2)18-12/h4-5,8H,3,6-7H2,1-2H3,(H,16,19)(H,20,21). The molecule has 0 unspecified atom stereocenters. The Morgan fingerprint density at radius 3 is 2.73 bits per heavy atom. The van der Waals surface area contributed by atoms with Gasteiger partial charge in [0.05, 0.1) is 16.3 Å². The van der Waals surface area contributed by atoms with Gasteiger partial charge >= 0.3 is 5.97 Å². The van der Waals surface area contributed by atoms with E-state index in [-0.39, 0.29) is 17.2 Å². The number of hydrogen-bond donors (Lipinski definition) is 2. The molecule has 0 saturated carbocycles. The van der Waals surface area contributed by atoms with E-state index in [1.807, 2.05) is 6.20 Å². The van der Waals surface area contributed by atoms with E-state index < -0.39 is 5.97 Å². The lowest BCUT2D eigenvalue weighted by Crippen LogP contribution is -2.27. The first-order valence-electron chi connectivity index (χ1n) is 6.94. The van der Waals surface area contributed by atoms with E-state index in [4.69, 9.17) is 5.11 Å². The van der Waals surface area contributed by atoms with Crippen molar-refractivity contribution >= 4 is 23.2 Å². The third-order valence-electron chi connectivity index (χ3n) is 3.12. The Labute approximate surface area is 132 Å². The summed E-state index contributed by atoms with van der Waals surface area (Å²) in [4.78, 5) is 32.4. The van der Waals surface area contributed by atoms with Crippen LogP contribution in [0.2, 0.25) is 0 Å². The minimum atomic E-state index is -1.05. The number of rotatable bonds is 6. The lowest BCUT2D eigenvalue weighted by molar-refractivity contribution is 0.0694. The van der Waals surface area contributed by atoms with Gasteiger partial charge in [-0.1, -0.05) is 6.92 Å². The molecule has 2 aromatic heterocycles. The quantitative estimate of drug-likeness (QED) is 0.850. The Kier molecular flexibility index (Phi) is 5.21. The van der Waals surface area contributed by atoms with Crippen molar-refractivity contribution < 1.29 is 14.7 Å². The monoisotopic (exact) mass is 319 g/mol. The van der Waals surface area contributed by atoms with Crippen LogP contribution in [0.25, 0.3) is 0 Å². The second-order valence-corrected chi connectivity index (χ2v) is 5.91. The number of hydrogen-bond acceptors (Lipinski definition) is 5. The molecule has 0 atom stereocenters. The molecule has 0 aromatic carbocycles. The SMILES string of the molecule is CCc1cnc(CCNC(=O)c2ccc(C(=O)O)c(C)n2)s1. The number of carboxylic acid groups (broad SMARTS) is 1. The number of pyridine rings is 1. The number of aryl methyl sites for hydroxylation is 2. The van der Waals surface area contributed by atoms with Crippen LogP contribution in [0.3, 0.4) is 0 Å². The van der Waals surface area contributed by atoms with Crippen molar-refractivity contribution in [1.82, 2.24) is 15.3 Å². The second-order valence-electron chi connectivity index (χ2n) is 4.71. The van der Waals surface area contributed by atoms with Crippen molar-refractivity contribution in [3.63, 3.8) is 0 Å². The van der Waals surface area contributed by atoms with Crippen LogP contribution in [0.1, 0.15) is 43.3 Å². The summed E-state index contributed by atoms with van der Waals surface area (Å²) in [5, 5.41) is 12.7. The van der Waals surface area contributed by atoms with Crippen molar-refractivity contribution in [2.45, 2.75) is 26.7 Å². The lowest BCUT2D eigenvalue weighted by atomic mass is 10.2. The molecule has 116 valence electrons. The lowest BCUT2D eigenvalue weighted by Gasteiger charge is -2.05. The number of thiazole rings is 1. The third-order valence-corrected chi connectivity index (χ3v) is 4.32. The van der Waals surface area contributed by atoms with Crippen LogP contribution in [0.4, 0.5) is 0 Å². The molecule has 0 bridgehead atoms. The highest BCUT2D eigenvalue weighted by Gasteiger charge is 2.13. The summed E-state index contributed by atoms with van der Waals surface area (Å²) in [6, 6.07) is 2.82. The molecule has 6 nitrogen and oxygen atoms in total. The van der Waals surface area contributed by atoms with Crippen LogP contribution < -0.4 is 5.32 Å². The second kappa shape index (κ2) is 7.13. The number of nitrogens with one attached hydrogen (secondary N) is 1. The minimum absolute atomic E-state index is 0.103. The minimum Gasteiger partial charge on any atom is -0.478 e. The zero-order chi connectivity index (χ0) is 16.1. The van der Waals surface area contributed by atoms with Gasteiger partial charge < -0.3 is 10.4 Å². The van der Waals surface area contributed by atoms with E-state index in [1.165, 1.54) is 17.0 Å². The van der Waals surface area contributed by atoms with Crippen molar-refractivity contribution in [2.75, 3.05) is 6.54 Å². The van der Waals surface area contributed by atoms with Crippen LogP contribution in [0.15, 0.2) is 18.3 Å². The average Bonchev–Trinajstić information content (AvgIpc) is 2.94. The number of carboxylic acids is 1. The molecule has 1 amide bonds. The van der Waals surface area contributed by atoms with Gasteiger partial charge in [-0.25, -0.2) is 14.8 Å². The van der Waals surface area contributed by atoms with E-state index in [1.54, 1.807) is 18.3 Å². The first-order chi connectivity index (χ1) is 10.5. The molecule has 0 aliphatic rings. The smallest absolute Gasteiger partial charge is 0.337 e. The predicted octanol–water partition coefficient (Wildman–Crippen LogP) is 2.08. The van der Waals surface area contributed by atoms with Gasteiger partial charge in [0.15, 0.2) is 0 Å². The topological polar surface area (TPSA) is 92.2 Å². The summed E-state index contributed by atoms with van der Waals surface area (Å²) in [6.07, 6.45) is 3.49. The maximum Gasteiger partial charge on any atom is 0.337 e. The molecule has 22 heavy (non-hydrogen) atoms. The number of carbonyl (C=O) groups excluding carboxylic acids is 1. The van der Waals surface area contributed by atoms with Gasteiger partial charge in [0.2, 0.25) is 0 Å². The first-order valence-corrected chi connectivity index (χ1v) is 7.75. The van der Waals surface area contributed by atoms with Gasteiger partial charge in [-0.15, -0.1) is 11.3 Å². The molecule has 2 aromatic rings. The fourth-order valence-electron chi connectivity index (χ4n) is 1.91. The van der Waals surface area contributed by atoms with Crippen molar-refractivity contribution in [2.24, 2.45) is 0 Å². The molecule has 0 spiro atoms. The van der Waals surface area contributed by atoms with Crippen LogP contribution in [-0.2, 0) is 12.8 Å². The van der Waals surface area contributed by atoms with Gasteiger partial charge in [-0.05, 0) is 25.5 Å². The molecule has 0 radical (unpaired) electrons. The van der Waals surface area contributed by atoms with Gasteiger partial charge in [0, 0.05) is 24.0 Å². The molecule has 0 aliphatic heterocycles. The Morgan fingerprint density at radius 1 is 1.36 bits per heavy atom. The maximum atomic E-state index is 12.0. The summed E-state index contributed by atoms with van der Waals surface area (Å²) in [5.74, 6) is -1.36. The van der Waals surface area contributed by atoms with Crippen molar-refractivity contribution in [3.05, 3.63) is 45.2 Å². The Bertz CT molecular complexity index is 697. The number of aromatic carboxylic acids is 1. The Morgan fingerprint density at radius 2 is 2.14 bits per heavy atom. The highest BCUT2D eigenvalue weighted by molar-refractivity contribution is 7.11. The Balaban J connectivity index is 1.92. The molecule has 7 heteroatoms. The third kappa shape index (κ3) is 3.88. The average molecular weight is 319 g/mol. The molecule has 0 saturated heterocycles.